The minimum atomic E-state index is 0.356. The Bertz CT molecular complexity index is 1220. The summed E-state index contributed by atoms with van der Waals surface area (Å²) < 4.78 is 5.76. The number of hydrogen-bond acceptors (Lipinski definition) is 10. The Labute approximate surface area is 229 Å². The van der Waals surface area contributed by atoms with Crippen molar-refractivity contribution in [1.82, 2.24) is 34.7 Å². The van der Waals surface area contributed by atoms with Crippen LogP contribution >= 0.6 is 11.3 Å². The van der Waals surface area contributed by atoms with Crippen molar-refractivity contribution in [2.45, 2.75) is 46.2 Å². The molecule has 2 unspecified atom stereocenters. The van der Waals surface area contributed by atoms with Gasteiger partial charge in [0, 0.05) is 37.6 Å². The monoisotopic (exact) mass is 534 g/mol. The Hall–Kier alpha value is -3.21. The summed E-state index contributed by atoms with van der Waals surface area (Å²) in [5.74, 6) is 1.24. The molecule has 0 radical (unpaired) electrons. The number of aryl methyl sites for hydroxylation is 1. The molecule has 4 rings (SSSR count). The van der Waals surface area contributed by atoms with E-state index in [0.29, 0.717) is 30.4 Å². The standard InChI is InChI=1S/C28H38N8OS/c1-6-20(2)10-8-7-9-13-37-27-32-21(3)14-24(33-27)25-16-31-28(38-25)34-26-17-29-22(15-30-26)18-36-12-11-23(19-36)35(4)5/h7-10,14-17,20,23H,6,11-13,18-19H2,1-5H3,(H,30,31,34)/b9-7-,10-8-. The molecule has 2 atom stereocenters. The number of likely N-dealkylation sites (tertiary alicyclic amines) is 1. The van der Waals surface area contributed by atoms with Gasteiger partial charge < -0.3 is 15.0 Å². The lowest BCUT2D eigenvalue weighted by Gasteiger charge is -2.20. The molecule has 1 fully saturated rings. The lowest BCUT2D eigenvalue weighted by molar-refractivity contribution is 0.263. The first-order valence-corrected chi connectivity index (χ1v) is 14.0. The van der Waals surface area contributed by atoms with E-state index < -0.39 is 0 Å². The predicted molar refractivity (Wildman–Crippen MR) is 154 cm³/mol. The summed E-state index contributed by atoms with van der Waals surface area (Å²) in [6, 6.07) is 2.90. The van der Waals surface area contributed by atoms with E-state index in [0.717, 1.165) is 53.1 Å². The number of thiazole rings is 1. The van der Waals surface area contributed by atoms with Crippen LogP contribution in [-0.2, 0) is 6.54 Å². The minimum Gasteiger partial charge on any atom is -0.459 e. The van der Waals surface area contributed by atoms with Crippen molar-refractivity contribution < 1.29 is 4.74 Å². The summed E-state index contributed by atoms with van der Waals surface area (Å²) in [5, 5.41) is 3.98. The molecule has 0 saturated carbocycles. The van der Waals surface area contributed by atoms with Gasteiger partial charge in [0.15, 0.2) is 10.9 Å². The van der Waals surface area contributed by atoms with Gasteiger partial charge in [-0.1, -0.05) is 49.8 Å². The van der Waals surface area contributed by atoms with Crippen LogP contribution in [0.25, 0.3) is 10.6 Å². The second-order valence-electron chi connectivity index (χ2n) is 9.88. The van der Waals surface area contributed by atoms with Gasteiger partial charge in [0.2, 0.25) is 0 Å². The SMILES string of the molecule is CCC(C)/C=C\C=C/COc1nc(C)cc(-c2cnc(Nc3cnc(CN4CCC(N(C)C)C4)cn3)s2)n1. The molecule has 1 saturated heterocycles. The smallest absolute Gasteiger partial charge is 0.317 e. The summed E-state index contributed by atoms with van der Waals surface area (Å²) in [4.78, 5) is 28.3. The average Bonchev–Trinajstić information content (AvgIpc) is 3.57. The highest BCUT2D eigenvalue weighted by Gasteiger charge is 2.24. The van der Waals surface area contributed by atoms with Crippen molar-refractivity contribution in [3.63, 3.8) is 0 Å². The van der Waals surface area contributed by atoms with Gasteiger partial charge in [-0.2, -0.15) is 4.98 Å². The molecule has 0 bridgehead atoms. The number of rotatable bonds is 12. The Kier molecular flexibility index (Phi) is 9.91. The van der Waals surface area contributed by atoms with Crippen molar-refractivity contribution in [3.05, 3.63) is 60.3 Å². The molecule has 38 heavy (non-hydrogen) atoms. The average molecular weight is 535 g/mol. The summed E-state index contributed by atoms with van der Waals surface area (Å²) in [7, 11) is 4.29. The first-order valence-electron chi connectivity index (χ1n) is 13.1. The van der Waals surface area contributed by atoms with Gasteiger partial charge in [-0.15, -0.1) is 0 Å². The van der Waals surface area contributed by atoms with Gasteiger partial charge in [-0.05, 0) is 45.5 Å². The maximum absolute atomic E-state index is 5.76. The fourth-order valence-corrected chi connectivity index (χ4v) is 4.83. The first-order chi connectivity index (χ1) is 18.4. The zero-order chi connectivity index (χ0) is 26.9. The molecule has 0 aliphatic carbocycles. The van der Waals surface area contributed by atoms with E-state index >= 15 is 0 Å². The lowest BCUT2D eigenvalue weighted by atomic mass is 10.1. The third-order valence-electron chi connectivity index (χ3n) is 6.54. The van der Waals surface area contributed by atoms with Crippen LogP contribution < -0.4 is 10.1 Å². The summed E-state index contributed by atoms with van der Waals surface area (Å²) in [6.07, 6.45) is 15.9. The van der Waals surface area contributed by atoms with Gasteiger partial charge in [0.05, 0.1) is 28.7 Å². The van der Waals surface area contributed by atoms with Gasteiger partial charge in [-0.25, -0.2) is 15.0 Å². The van der Waals surface area contributed by atoms with Crippen molar-refractivity contribution in [3.8, 4) is 16.6 Å². The molecule has 3 aromatic rings. The first kappa shape index (κ1) is 27.8. The normalized spacial score (nSPS) is 17.2. The Morgan fingerprint density at radius 1 is 1.18 bits per heavy atom. The molecule has 3 aromatic heterocycles. The third-order valence-corrected chi connectivity index (χ3v) is 7.47. The van der Waals surface area contributed by atoms with Gasteiger partial charge in [0.25, 0.3) is 0 Å². The van der Waals surface area contributed by atoms with Crippen molar-refractivity contribution in [2.75, 3.05) is 39.1 Å². The number of ether oxygens (including phenoxy) is 1. The van der Waals surface area contributed by atoms with Gasteiger partial charge >= 0.3 is 6.01 Å². The van der Waals surface area contributed by atoms with Gasteiger partial charge in [0.1, 0.15) is 6.61 Å². The molecule has 1 aliphatic rings. The van der Waals surface area contributed by atoms with Gasteiger partial charge in [-0.3, -0.25) is 9.88 Å². The fourth-order valence-electron chi connectivity index (χ4n) is 4.05. The number of anilines is 2. The van der Waals surface area contributed by atoms with Crippen LogP contribution in [0.4, 0.5) is 10.9 Å². The maximum atomic E-state index is 5.76. The molecule has 0 aromatic carbocycles. The van der Waals surface area contributed by atoms with E-state index in [1.165, 1.54) is 17.8 Å². The van der Waals surface area contributed by atoms with Crippen LogP contribution in [0.1, 0.15) is 38.1 Å². The topological polar surface area (TPSA) is 92.2 Å². The number of likely N-dealkylation sites (N-methyl/N-ethyl adjacent to an activating group) is 1. The van der Waals surface area contributed by atoms with Crippen LogP contribution in [0.15, 0.2) is 49.0 Å². The molecule has 202 valence electrons. The molecule has 1 N–H and O–H groups in total. The molecular formula is C28H38N8OS. The molecule has 0 spiro atoms. The highest BCUT2D eigenvalue weighted by atomic mass is 32.1. The van der Waals surface area contributed by atoms with E-state index in [-0.39, 0.29) is 0 Å². The quantitative estimate of drug-likeness (QED) is 0.318. The van der Waals surface area contributed by atoms with E-state index in [4.69, 9.17) is 4.74 Å². The molecule has 4 heterocycles. The predicted octanol–water partition coefficient (Wildman–Crippen LogP) is 5.12. The fraction of sp³-hybridized carbons (Fsp3) is 0.464. The van der Waals surface area contributed by atoms with Crippen LogP contribution in [0, 0.1) is 12.8 Å². The van der Waals surface area contributed by atoms with Crippen LogP contribution in [0.2, 0.25) is 0 Å². The molecule has 10 heteroatoms. The number of allylic oxidation sites excluding steroid dienone is 3. The second kappa shape index (κ2) is 13.5. The highest BCUT2D eigenvalue weighted by Crippen LogP contribution is 2.30. The third kappa shape index (κ3) is 8.14. The van der Waals surface area contributed by atoms with Crippen molar-refractivity contribution in [2.24, 2.45) is 5.92 Å². The molecule has 0 amide bonds. The number of nitrogens with zero attached hydrogens (tertiary/aromatic N) is 7. The Morgan fingerprint density at radius 3 is 2.79 bits per heavy atom. The number of hydrogen-bond donors (Lipinski definition) is 1. The van der Waals surface area contributed by atoms with E-state index in [2.05, 4.69) is 80.1 Å². The Morgan fingerprint density at radius 2 is 2.05 bits per heavy atom. The maximum Gasteiger partial charge on any atom is 0.317 e. The number of aromatic nitrogens is 5. The molecular weight excluding hydrogens is 496 g/mol. The van der Waals surface area contributed by atoms with Crippen LogP contribution in [-0.4, -0.2) is 74.6 Å². The van der Waals surface area contributed by atoms with E-state index in [1.54, 1.807) is 12.4 Å². The summed E-state index contributed by atoms with van der Waals surface area (Å²) in [5.41, 5.74) is 2.59. The molecule has 1 aliphatic heterocycles. The zero-order valence-electron chi connectivity index (χ0n) is 23.0. The Balaban J connectivity index is 1.32. The summed E-state index contributed by atoms with van der Waals surface area (Å²) in [6.45, 7) is 9.70. The minimum absolute atomic E-state index is 0.356. The highest BCUT2D eigenvalue weighted by molar-refractivity contribution is 7.18. The molecule has 9 nitrogen and oxygen atoms in total. The number of nitrogens with one attached hydrogen (secondary N) is 1. The zero-order valence-corrected chi connectivity index (χ0v) is 23.8. The van der Waals surface area contributed by atoms with Crippen molar-refractivity contribution >= 4 is 22.3 Å². The van der Waals surface area contributed by atoms with E-state index in [9.17, 15) is 0 Å². The van der Waals surface area contributed by atoms with E-state index in [1.807, 2.05) is 31.3 Å². The largest absolute Gasteiger partial charge is 0.459 e. The van der Waals surface area contributed by atoms with Crippen LogP contribution in [0.3, 0.4) is 0 Å². The lowest BCUT2D eigenvalue weighted by Crippen LogP contribution is -2.31. The second-order valence-corrected chi connectivity index (χ2v) is 10.9. The van der Waals surface area contributed by atoms with Crippen LogP contribution in [0.5, 0.6) is 6.01 Å². The summed E-state index contributed by atoms with van der Waals surface area (Å²) >= 11 is 1.50. The van der Waals surface area contributed by atoms with Crippen molar-refractivity contribution in [1.29, 1.82) is 0 Å².